The molecule has 144 valence electrons. The van der Waals surface area contributed by atoms with Gasteiger partial charge in [-0.25, -0.2) is 0 Å². The molecule has 0 aromatic heterocycles. The number of Topliss-reactive ketones (excluding diaryl/α,β-unsaturated/α-hetero) is 1. The summed E-state index contributed by atoms with van der Waals surface area (Å²) in [5.41, 5.74) is 0.784. The highest BCUT2D eigenvalue weighted by Gasteiger charge is 2.33. The second-order valence-electron chi connectivity index (χ2n) is 5.78. The number of aromatic hydroxyl groups is 2. The lowest BCUT2D eigenvalue weighted by Gasteiger charge is -2.19. The molecule has 27 heavy (non-hydrogen) atoms. The number of ether oxygens (including phenoxy) is 3. The molecule has 2 N–H and O–H groups in total. The van der Waals surface area contributed by atoms with E-state index in [2.05, 4.69) is 0 Å². The quantitative estimate of drug-likeness (QED) is 0.436. The zero-order valence-corrected chi connectivity index (χ0v) is 15.6. The lowest BCUT2D eigenvalue weighted by atomic mass is 9.86. The summed E-state index contributed by atoms with van der Waals surface area (Å²) in [7, 11) is 4.08. The van der Waals surface area contributed by atoms with Gasteiger partial charge in [0.15, 0.2) is 17.3 Å². The molecule has 7 nitrogen and oxygen atoms in total. The molecule has 1 atom stereocenters. The van der Waals surface area contributed by atoms with Crippen LogP contribution in [0.4, 0.5) is 0 Å². The number of hydrogen-bond donors (Lipinski definition) is 2. The molecular formula is C20H22O7. The molecule has 0 aliphatic carbocycles. The molecule has 0 amide bonds. The van der Waals surface area contributed by atoms with Crippen molar-refractivity contribution in [1.29, 1.82) is 0 Å². The highest BCUT2D eigenvalue weighted by Crippen LogP contribution is 2.36. The Hall–Kier alpha value is -3.22. The number of carbonyl (C=O) groups excluding carboxylic acids is 2. The molecule has 0 saturated heterocycles. The van der Waals surface area contributed by atoms with E-state index in [-0.39, 0.29) is 22.6 Å². The molecule has 0 aliphatic heterocycles. The number of esters is 1. The van der Waals surface area contributed by atoms with Crippen molar-refractivity contribution in [3.05, 3.63) is 47.0 Å². The van der Waals surface area contributed by atoms with Gasteiger partial charge in [0.05, 0.1) is 21.3 Å². The van der Waals surface area contributed by atoms with Crippen LogP contribution in [0.3, 0.4) is 0 Å². The summed E-state index contributed by atoms with van der Waals surface area (Å²) in [5.74, 6) is -2.37. The van der Waals surface area contributed by atoms with Crippen LogP contribution in [0, 0.1) is 0 Å². The van der Waals surface area contributed by atoms with Gasteiger partial charge in [-0.15, -0.1) is 0 Å². The van der Waals surface area contributed by atoms with Gasteiger partial charge in [0.25, 0.3) is 0 Å². The van der Waals surface area contributed by atoms with Crippen LogP contribution in [-0.4, -0.2) is 43.3 Å². The van der Waals surface area contributed by atoms with Gasteiger partial charge in [-0.1, -0.05) is 6.92 Å². The molecule has 2 aromatic rings. The molecule has 1 unspecified atom stereocenters. The fourth-order valence-electron chi connectivity index (χ4n) is 2.96. The number of benzene rings is 2. The zero-order chi connectivity index (χ0) is 20.1. The summed E-state index contributed by atoms with van der Waals surface area (Å²) in [6.45, 7) is 1.77. The van der Waals surface area contributed by atoms with Crippen LogP contribution < -0.4 is 9.47 Å². The molecular weight excluding hydrogens is 352 g/mol. The van der Waals surface area contributed by atoms with Crippen molar-refractivity contribution in [2.75, 3.05) is 21.3 Å². The predicted molar refractivity (Wildman–Crippen MR) is 97.8 cm³/mol. The molecule has 0 bridgehead atoms. The van der Waals surface area contributed by atoms with Crippen LogP contribution in [0.25, 0.3) is 0 Å². The summed E-state index contributed by atoms with van der Waals surface area (Å²) in [4.78, 5) is 25.6. The minimum absolute atomic E-state index is 0.193. The van der Waals surface area contributed by atoms with Crippen molar-refractivity contribution in [3.63, 3.8) is 0 Å². The Bertz CT molecular complexity index is 858. The smallest absolute Gasteiger partial charge is 0.321 e. The first-order chi connectivity index (χ1) is 12.9. The fraction of sp³-hybridized carbons (Fsp3) is 0.300. The number of methoxy groups -OCH3 is 3. The van der Waals surface area contributed by atoms with E-state index in [1.807, 2.05) is 0 Å². The second kappa shape index (κ2) is 8.44. The van der Waals surface area contributed by atoms with Gasteiger partial charge in [-0.05, 0) is 41.8 Å². The summed E-state index contributed by atoms with van der Waals surface area (Å²) in [6.07, 6.45) is 0.355. The summed E-state index contributed by atoms with van der Waals surface area (Å²) < 4.78 is 15.2. The zero-order valence-electron chi connectivity index (χ0n) is 15.6. The lowest BCUT2D eigenvalue weighted by Crippen LogP contribution is -2.24. The SMILES string of the molecule is CCc1c(O)cc(O)cc1C(C(=O)OC)C(=O)c1ccc(OC)c(OC)c1. The minimum atomic E-state index is -1.35. The van der Waals surface area contributed by atoms with Crippen molar-refractivity contribution >= 4 is 11.8 Å². The van der Waals surface area contributed by atoms with E-state index in [4.69, 9.17) is 14.2 Å². The van der Waals surface area contributed by atoms with Gasteiger partial charge < -0.3 is 24.4 Å². The summed E-state index contributed by atoms with van der Waals surface area (Å²) >= 11 is 0. The highest BCUT2D eigenvalue weighted by molar-refractivity contribution is 6.13. The second-order valence-corrected chi connectivity index (χ2v) is 5.78. The van der Waals surface area contributed by atoms with Gasteiger partial charge in [-0.3, -0.25) is 9.59 Å². The van der Waals surface area contributed by atoms with E-state index in [9.17, 15) is 19.8 Å². The van der Waals surface area contributed by atoms with Gasteiger partial charge in [0, 0.05) is 11.6 Å². The summed E-state index contributed by atoms with van der Waals surface area (Å²) in [6, 6.07) is 6.98. The number of phenolic OH excluding ortho intramolecular Hbond substituents is 2. The van der Waals surface area contributed by atoms with Crippen LogP contribution in [0.15, 0.2) is 30.3 Å². The van der Waals surface area contributed by atoms with Crippen LogP contribution >= 0.6 is 0 Å². The fourth-order valence-corrected chi connectivity index (χ4v) is 2.96. The van der Waals surface area contributed by atoms with Crippen molar-refractivity contribution in [2.45, 2.75) is 19.3 Å². The first-order valence-corrected chi connectivity index (χ1v) is 8.26. The molecule has 0 saturated carbocycles. The first-order valence-electron chi connectivity index (χ1n) is 8.26. The Kier molecular flexibility index (Phi) is 6.28. The monoisotopic (exact) mass is 374 g/mol. The van der Waals surface area contributed by atoms with E-state index in [0.29, 0.717) is 23.5 Å². The van der Waals surface area contributed by atoms with E-state index >= 15 is 0 Å². The lowest BCUT2D eigenvalue weighted by molar-refractivity contribution is -0.141. The summed E-state index contributed by atoms with van der Waals surface area (Å²) in [5, 5.41) is 20.0. The molecule has 0 radical (unpaired) electrons. The van der Waals surface area contributed by atoms with Gasteiger partial charge in [0.1, 0.15) is 17.4 Å². The molecule has 0 spiro atoms. The van der Waals surface area contributed by atoms with Crippen LogP contribution in [0.1, 0.15) is 34.3 Å². The van der Waals surface area contributed by atoms with E-state index in [0.717, 1.165) is 6.07 Å². The van der Waals surface area contributed by atoms with Crippen LogP contribution in [-0.2, 0) is 16.0 Å². The first kappa shape index (κ1) is 20.1. The number of rotatable bonds is 7. The Labute approximate surface area is 157 Å². The Balaban J connectivity index is 2.62. The average Bonchev–Trinajstić information content (AvgIpc) is 2.66. The van der Waals surface area contributed by atoms with E-state index in [1.54, 1.807) is 13.0 Å². The molecule has 0 fully saturated rings. The topological polar surface area (TPSA) is 102 Å². The average molecular weight is 374 g/mol. The number of hydrogen-bond acceptors (Lipinski definition) is 7. The van der Waals surface area contributed by atoms with E-state index in [1.165, 1.54) is 39.5 Å². The third-order valence-electron chi connectivity index (χ3n) is 4.28. The van der Waals surface area contributed by atoms with Crippen LogP contribution in [0.5, 0.6) is 23.0 Å². The molecule has 0 heterocycles. The highest BCUT2D eigenvalue weighted by atomic mass is 16.5. The van der Waals surface area contributed by atoms with Crippen molar-refractivity contribution < 1.29 is 34.0 Å². The third kappa shape index (κ3) is 3.97. The Morgan fingerprint density at radius 3 is 2.22 bits per heavy atom. The van der Waals surface area contributed by atoms with Gasteiger partial charge in [0.2, 0.25) is 0 Å². The number of ketones is 1. The van der Waals surface area contributed by atoms with Crippen molar-refractivity contribution in [1.82, 2.24) is 0 Å². The van der Waals surface area contributed by atoms with Crippen molar-refractivity contribution in [3.8, 4) is 23.0 Å². The maximum atomic E-state index is 13.1. The van der Waals surface area contributed by atoms with E-state index < -0.39 is 17.7 Å². The normalized spacial score (nSPS) is 11.6. The van der Waals surface area contributed by atoms with Gasteiger partial charge >= 0.3 is 5.97 Å². The predicted octanol–water partition coefficient (Wildman–Crippen LogP) is 2.82. The molecule has 7 heteroatoms. The molecule has 2 aromatic carbocycles. The maximum Gasteiger partial charge on any atom is 0.321 e. The van der Waals surface area contributed by atoms with Gasteiger partial charge in [-0.2, -0.15) is 0 Å². The van der Waals surface area contributed by atoms with Crippen molar-refractivity contribution in [2.24, 2.45) is 0 Å². The minimum Gasteiger partial charge on any atom is -0.508 e. The Morgan fingerprint density at radius 1 is 1.00 bits per heavy atom. The van der Waals surface area contributed by atoms with Crippen LogP contribution in [0.2, 0.25) is 0 Å². The standard InChI is InChI=1S/C20H22O7/c1-5-13-14(9-12(21)10-15(13)22)18(20(24)27-4)19(23)11-6-7-16(25-2)17(8-11)26-3/h6-10,18,21-22H,5H2,1-4H3. The third-order valence-corrected chi connectivity index (χ3v) is 4.28. The number of phenols is 2. The Morgan fingerprint density at radius 2 is 1.67 bits per heavy atom. The largest absolute Gasteiger partial charge is 0.508 e. The number of carbonyl (C=O) groups is 2. The molecule has 2 rings (SSSR count). The maximum absolute atomic E-state index is 13.1. The molecule has 0 aliphatic rings.